The zero-order valence-corrected chi connectivity index (χ0v) is 10.2. The second-order valence-corrected chi connectivity index (χ2v) is 4.94. The van der Waals surface area contributed by atoms with E-state index in [0.29, 0.717) is 0 Å². The Balaban J connectivity index is 2.19. The Kier molecular flexibility index (Phi) is 2.40. The van der Waals surface area contributed by atoms with E-state index in [1.807, 2.05) is 18.3 Å². The van der Waals surface area contributed by atoms with Crippen LogP contribution in [0.4, 0.5) is 0 Å². The van der Waals surface area contributed by atoms with Gasteiger partial charge in [-0.2, -0.15) is 0 Å². The fraction of sp³-hybridized carbons (Fsp3) is 0.538. The van der Waals surface area contributed by atoms with Crippen LogP contribution in [0.25, 0.3) is 11.2 Å². The summed E-state index contributed by atoms with van der Waals surface area (Å²) >= 11 is 0. The Morgan fingerprint density at radius 2 is 2.29 bits per heavy atom. The second-order valence-electron chi connectivity index (χ2n) is 4.94. The summed E-state index contributed by atoms with van der Waals surface area (Å²) in [6.07, 6.45) is 6.19. The Bertz CT molecular complexity index is 539. The molecule has 0 saturated heterocycles. The van der Waals surface area contributed by atoms with Gasteiger partial charge in [-0.15, -0.1) is 0 Å². The van der Waals surface area contributed by atoms with Crippen LogP contribution in [0.1, 0.15) is 38.4 Å². The maximum absolute atomic E-state index is 6.41. The third-order valence-electron chi connectivity index (χ3n) is 3.64. The lowest BCUT2D eigenvalue weighted by Crippen LogP contribution is -2.45. The van der Waals surface area contributed by atoms with E-state index in [1.54, 1.807) is 0 Å². The number of aromatic nitrogens is 3. The molecule has 0 bridgehead atoms. The quantitative estimate of drug-likeness (QED) is 0.879. The summed E-state index contributed by atoms with van der Waals surface area (Å²) in [5.41, 5.74) is 8.13. The van der Waals surface area contributed by atoms with Crippen molar-refractivity contribution in [1.82, 2.24) is 14.5 Å². The normalized spacial score (nSPS) is 18.2. The van der Waals surface area contributed by atoms with Crippen LogP contribution in [0.5, 0.6) is 0 Å². The van der Waals surface area contributed by atoms with Crippen LogP contribution in [-0.2, 0) is 12.1 Å². The van der Waals surface area contributed by atoms with Gasteiger partial charge in [0.25, 0.3) is 0 Å². The number of aryl methyl sites for hydroxylation is 1. The van der Waals surface area contributed by atoms with Crippen molar-refractivity contribution in [3.63, 3.8) is 0 Å². The molecule has 0 spiro atoms. The van der Waals surface area contributed by atoms with Crippen molar-refractivity contribution < 1.29 is 0 Å². The largest absolute Gasteiger partial charge is 0.319 e. The molecule has 0 atom stereocenters. The van der Waals surface area contributed by atoms with Crippen molar-refractivity contribution >= 4 is 11.2 Å². The number of nitrogens with two attached hydrogens (primary N) is 1. The van der Waals surface area contributed by atoms with Gasteiger partial charge >= 0.3 is 0 Å². The minimum Gasteiger partial charge on any atom is -0.319 e. The number of hydrogen-bond acceptors (Lipinski definition) is 3. The predicted molar refractivity (Wildman–Crippen MR) is 67.5 cm³/mol. The molecule has 0 unspecified atom stereocenters. The summed E-state index contributed by atoms with van der Waals surface area (Å²) in [6, 6.07) is 3.94. The molecular weight excluding hydrogens is 212 g/mol. The first-order chi connectivity index (χ1) is 8.24. The molecule has 4 nitrogen and oxygen atoms in total. The van der Waals surface area contributed by atoms with Crippen molar-refractivity contribution in [2.24, 2.45) is 5.73 Å². The van der Waals surface area contributed by atoms with E-state index >= 15 is 0 Å². The lowest BCUT2D eigenvalue weighted by molar-refractivity contribution is 0.231. The molecule has 4 heteroatoms. The van der Waals surface area contributed by atoms with Crippen molar-refractivity contribution in [3.8, 4) is 0 Å². The van der Waals surface area contributed by atoms with Gasteiger partial charge < -0.3 is 10.3 Å². The molecule has 0 radical (unpaired) electrons. The Morgan fingerprint density at radius 3 is 2.94 bits per heavy atom. The lowest BCUT2D eigenvalue weighted by Gasteiger charge is -2.37. The van der Waals surface area contributed by atoms with Crippen molar-refractivity contribution in [3.05, 3.63) is 24.2 Å². The van der Waals surface area contributed by atoms with Gasteiger partial charge in [0.15, 0.2) is 5.65 Å². The van der Waals surface area contributed by atoms with Crippen LogP contribution in [0.15, 0.2) is 18.3 Å². The first kappa shape index (κ1) is 10.7. The van der Waals surface area contributed by atoms with Gasteiger partial charge in [-0.05, 0) is 37.8 Å². The zero-order valence-electron chi connectivity index (χ0n) is 10.2. The highest BCUT2D eigenvalue weighted by atomic mass is 15.2. The minimum atomic E-state index is -0.212. The molecule has 2 heterocycles. The van der Waals surface area contributed by atoms with E-state index in [4.69, 9.17) is 10.7 Å². The predicted octanol–water partition coefficient (Wildman–Crippen LogP) is 2.18. The molecule has 90 valence electrons. The van der Waals surface area contributed by atoms with E-state index in [2.05, 4.69) is 16.5 Å². The highest BCUT2D eigenvalue weighted by Crippen LogP contribution is 2.39. The van der Waals surface area contributed by atoms with Crippen LogP contribution in [0, 0.1) is 0 Å². The number of hydrogen-bond donors (Lipinski definition) is 1. The molecule has 2 N–H and O–H groups in total. The summed E-state index contributed by atoms with van der Waals surface area (Å²) in [5, 5.41) is 0. The maximum Gasteiger partial charge on any atom is 0.160 e. The average Bonchev–Trinajstić information content (AvgIpc) is 2.66. The summed E-state index contributed by atoms with van der Waals surface area (Å²) < 4.78 is 2.20. The number of rotatable bonds is 3. The molecular formula is C13H18N4. The fourth-order valence-electron chi connectivity index (χ4n) is 2.56. The monoisotopic (exact) mass is 230 g/mol. The van der Waals surface area contributed by atoms with Crippen LogP contribution in [0.2, 0.25) is 0 Å². The van der Waals surface area contributed by atoms with Gasteiger partial charge in [0.2, 0.25) is 0 Å². The van der Waals surface area contributed by atoms with Crippen LogP contribution in [-0.4, -0.2) is 14.5 Å². The van der Waals surface area contributed by atoms with Gasteiger partial charge in [-0.25, -0.2) is 9.97 Å². The van der Waals surface area contributed by atoms with E-state index in [9.17, 15) is 0 Å². The maximum atomic E-state index is 6.41. The van der Waals surface area contributed by atoms with Gasteiger partial charge in [0, 0.05) is 12.7 Å². The second kappa shape index (κ2) is 3.81. The number of fused-ring (bicyclic) bond motifs is 1. The fourth-order valence-corrected chi connectivity index (χ4v) is 2.56. The van der Waals surface area contributed by atoms with Crippen LogP contribution in [0.3, 0.4) is 0 Å². The van der Waals surface area contributed by atoms with Crippen molar-refractivity contribution in [2.45, 2.75) is 44.7 Å². The van der Waals surface area contributed by atoms with E-state index in [1.165, 1.54) is 6.42 Å². The first-order valence-corrected chi connectivity index (χ1v) is 6.35. The topological polar surface area (TPSA) is 56.7 Å². The van der Waals surface area contributed by atoms with Crippen molar-refractivity contribution in [2.75, 3.05) is 0 Å². The van der Waals surface area contributed by atoms with Crippen LogP contribution >= 0.6 is 0 Å². The molecule has 2 aromatic rings. The van der Waals surface area contributed by atoms with Gasteiger partial charge in [0.05, 0.1) is 5.54 Å². The SMILES string of the molecule is CCCn1c(C2(N)CCC2)nc2cccnc21. The molecule has 0 aliphatic heterocycles. The highest BCUT2D eigenvalue weighted by Gasteiger charge is 2.39. The number of nitrogens with zero attached hydrogens (tertiary/aromatic N) is 3. The summed E-state index contributed by atoms with van der Waals surface area (Å²) in [5.74, 6) is 1.03. The summed E-state index contributed by atoms with van der Waals surface area (Å²) in [6.45, 7) is 3.12. The van der Waals surface area contributed by atoms with Gasteiger partial charge in [-0.3, -0.25) is 0 Å². The minimum absolute atomic E-state index is 0.212. The molecule has 17 heavy (non-hydrogen) atoms. The van der Waals surface area contributed by atoms with E-state index in [0.717, 1.165) is 42.8 Å². The Morgan fingerprint density at radius 1 is 1.47 bits per heavy atom. The Labute approximate surface area is 101 Å². The summed E-state index contributed by atoms with van der Waals surface area (Å²) in [7, 11) is 0. The van der Waals surface area contributed by atoms with Crippen LogP contribution < -0.4 is 5.73 Å². The summed E-state index contributed by atoms with van der Waals surface area (Å²) in [4.78, 5) is 9.14. The molecule has 0 amide bonds. The molecule has 1 saturated carbocycles. The smallest absolute Gasteiger partial charge is 0.160 e. The molecule has 2 aromatic heterocycles. The molecule has 0 aromatic carbocycles. The first-order valence-electron chi connectivity index (χ1n) is 6.35. The molecule has 1 fully saturated rings. The van der Waals surface area contributed by atoms with Gasteiger partial charge in [0.1, 0.15) is 11.3 Å². The standard InChI is InChI=1S/C13H18N4/c1-2-9-17-11-10(5-3-8-15-11)16-12(17)13(14)6-4-7-13/h3,5,8H,2,4,6-7,9,14H2,1H3. The highest BCUT2D eigenvalue weighted by molar-refractivity contribution is 5.71. The molecule has 3 rings (SSSR count). The van der Waals surface area contributed by atoms with Gasteiger partial charge in [-0.1, -0.05) is 6.92 Å². The number of pyridine rings is 1. The molecule has 1 aliphatic carbocycles. The van der Waals surface area contributed by atoms with Crippen molar-refractivity contribution in [1.29, 1.82) is 0 Å². The lowest BCUT2D eigenvalue weighted by atomic mass is 9.77. The third kappa shape index (κ3) is 1.55. The average molecular weight is 230 g/mol. The number of imidazole rings is 1. The zero-order chi connectivity index (χ0) is 11.9. The Hall–Kier alpha value is -1.42. The van der Waals surface area contributed by atoms with E-state index in [-0.39, 0.29) is 5.54 Å². The van der Waals surface area contributed by atoms with E-state index < -0.39 is 0 Å². The molecule has 1 aliphatic rings. The third-order valence-corrected chi connectivity index (χ3v) is 3.64.